The molecule has 1 unspecified atom stereocenters. The van der Waals surface area contributed by atoms with E-state index in [4.69, 9.17) is 0 Å². The van der Waals surface area contributed by atoms with Crippen LogP contribution in [0.5, 0.6) is 0 Å². The molecule has 0 spiro atoms. The minimum absolute atomic E-state index is 0.391. The molecule has 0 aliphatic carbocycles. The first-order valence-corrected chi connectivity index (χ1v) is 11.0. The molecule has 3 nitrogen and oxygen atoms in total. The van der Waals surface area contributed by atoms with Crippen LogP contribution in [0.3, 0.4) is 0 Å². The normalized spacial score (nSPS) is 12.4. The smallest absolute Gasteiger partial charge is 0.0401 e. The highest BCUT2D eigenvalue weighted by atomic mass is 32.2. The predicted octanol–water partition coefficient (Wildman–Crippen LogP) is 6.40. The fraction of sp³-hybridized carbons (Fsp3) is 0.409. The minimum atomic E-state index is 0.391. The summed E-state index contributed by atoms with van der Waals surface area (Å²) in [5.41, 5.74) is 3.63. The van der Waals surface area contributed by atoms with E-state index in [1.165, 1.54) is 20.9 Å². The van der Waals surface area contributed by atoms with E-state index in [2.05, 4.69) is 74.0 Å². The Morgan fingerprint density at radius 2 is 1.96 bits per heavy atom. The number of rotatable bonds is 10. The van der Waals surface area contributed by atoms with Crippen LogP contribution in [0.15, 0.2) is 58.4 Å². The second-order valence-corrected chi connectivity index (χ2v) is 9.35. The molecule has 0 amide bonds. The molecule has 0 saturated carbocycles. The first-order valence-electron chi connectivity index (χ1n) is 9.38. The molecule has 1 atom stereocenters. The zero-order valence-electron chi connectivity index (χ0n) is 17.0. The van der Waals surface area contributed by atoms with Crippen molar-refractivity contribution in [3.05, 3.63) is 59.8 Å². The highest BCUT2D eigenvalue weighted by Gasteiger charge is 2.17. The van der Waals surface area contributed by atoms with Crippen molar-refractivity contribution in [2.75, 3.05) is 18.4 Å². The van der Waals surface area contributed by atoms with Gasteiger partial charge in [0.1, 0.15) is 0 Å². The summed E-state index contributed by atoms with van der Waals surface area (Å²) in [7, 11) is 0. The van der Waals surface area contributed by atoms with Gasteiger partial charge < -0.3 is 5.32 Å². The van der Waals surface area contributed by atoms with E-state index in [0.717, 1.165) is 18.8 Å². The molecule has 0 aliphatic heterocycles. The fourth-order valence-electron chi connectivity index (χ4n) is 2.69. The number of aromatic nitrogens is 1. The van der Waals surface area contributed by atoms with Gasteiger partial charge >= 0.3 is 0 Å². The second-order valence-electron chi connectivity index (χ2n) is 7.22. The summed E-state index contributed by atoms with van der Waals surface area (Å²) in [5, 5.41) is 5.48. The van der Waals surface area contributed by atoms with Crippen molar-refractivity contribution in [3.63, 3.8) is 0 Å². The Balaban J connectivity index is 2.08. The highest BCUT2D eigenvalue weighted by molar-refractivity contribution is 8.02. The summed E-state index contributed by atoms with van der Waals surface area (Å²) in [5.74, 6) is 0.607. The molecule has 146 valence electrons. The summed E-state index contributed by atoms with van der Waals surface area (Å²) in [6, 6.07) is 9.12. The lowest BCUT2D eigenvalue weighted by atomic mass is 10.2. The third kappa shape index (κ3) is 6.91. The Hall–Kier alpha value is -1.43. The van der Waals surface area contributed by atoms with Crippen LogP contribution in [-0.4, -0.2) is 28.4 Å². The summed E-state index contributed by atoms with van der Waals surface area (Å²) >= 11 is 3.53. The van der Waals surface area contributed by atoms with Gasteiger partial charge in [-0.2, -0.15) is 0 Å². The number of thioether (sulfide) groups is 1. The molecular formula is C22H31N3S2. The third-order valence-electron chi connectivity index (χ3n) is 4.24. The topological polar surface area (TPSA) is 28.2 Å². The molecule has 0 radical (unpaired) electrons. The Morgan fingerprint density at radius 1 is 1.19 bits per heavy atom. The lowest BCUT2D eigenvalue weighted by Gasteiger charge is -2.30. The van der Waals surface area contributed by atoms with Crippen molar-refractivity contribution < 1.29 is 0 Å². The molecule has 1 aromatic heterocycles. The largest absolute Gasteiger partial charge is 0.383 e. The second kappa shape index (κ2) is 10.8. The number of pyridine rings is 1. The molecule has 2 rings (SSSR count). The van der Waals surface area contributed by atoms with Crippen LogP contribution in [-0.2, 0) is 0 Å². The average molecular weight is 402 g/mol. The van der Waals surface area contributed by atoms with Crippen LogP contribution in [0, 0.1) is 19.8 Å². The number of aryl methyl sites for hydroxylation is 2. The number of benzene rings is 1. The molecule has 1 N–H and O–H groups in total. The van der Waals surface area contributed by atoms with Crippen molar-refractivity contribution in [2.45, 2.75) is 50.5 Å². The molecule has 27 heavy (non-hydrogen) atoms. The van der Waals surface area contributed by atoms with Gasteiger partial charge in [0.15, 0.2) is 0 Å². The SMILES string of the molecule is C=CSc1cc(SN(CC(C)C)C(C)CNc2ccncc2C)ccc1C. The van der Waals surface area contributed by atoms with Gasteiger partial charge in [0, 0.05) is 47.0 Å². The lowest BCUT2D eigenvalue weighted by molar-refractivity contribution is 0.343. The van der Waals surface area contributed by atoms with Crippen molar-refractivity contribution in [1.29, 1.82) is 0 Å². The summed E-state index contributed by atoms with van der Waals surface area (Å²) < 4.78 is 2.49. The monoisotopic (exact) mass is 401 g/mol. The van der Waals surface area contributed by atoms with E-state index in [1.54, 1.807) is 11.8 Å². The van der Waals surface area contributed by atoms with Crippen LogP contribution in [0.1, 0.15) is 31.9 Å². The van der Waals surface area contributed by atoms with E-state index in [1.807, 2.05) is 35.8 Å². The molecule has 5 heteroatoms. The van der Waals surface area contributed by atoms with Gasteiger partial charge in [0.05, 0.1) is 0 Å². The van der Waals surface area contributed by atoms with Crippen LogP contribution < -0.4 is 5.32 Å². The van der Waals surface area contributed by atoms with E-state index in [9.17, 15) is 0 Å². The van der Waals surface area contributed by atoms with Crippen LogP contribution in [0.2, 0.25) is 0 Å². The maximum atomic E-state index is 4.17. The highest BCUT2D eigenvalue weighted by Crippen LogP contribution is 2.32. The van der Waals surface area contributed by atoms with E-state index >= 15 is 0 Å². The van der Waals surface area contributed by atoms with Crippen molar-refractivity contribution >= 4 is 29.4 Å². The predicted molar refractivity (Wildman–Crippen MR) is 122 cm³/mol. The number of nitrogens with one attached hydrogen (secondary N) is 1. The maximum absolute atomic E-state index is 4.17. The Kier molecular flexibility index (Phi) is 8.74. The van der Waals surface area contributed by atoms with Crippen molar-refractivity contribution in [1.82, 2.24) is 9.29 Å². The van der Waals surface area contributed by atoms with Gasteiger partial charge in [-0.3, -0.25) is 4.98 Å². The lowest BCUT2D eigenvalue weighted by Crippen LogP contribution is -2.35. The maximum Gasteiger partial charge on any atom is 0.0401 e. The molecular weight excluding hydrogens is 370 g/mol. The standard InChI is InChI=1S/C22H31N3S2/c1-7-26-22-12-20(9-8-17(22)4)27-25(15-16(2)3)19(6)14-24-21-10-11-23-13-18(21)5/h7-13,16,19H,1,14-15H2,2-6H3,(H,23,24). The zero-order valence-corrected chi connectivity index (χ0v) is 18.7. The number of nitrogens with zero attached hydrogens (tertiary/aromatic N) is 2. The molecule has 0 saturated heterocycles. The van der Waals surface area contributed by atoms with Crippen molar-refractivity contribution in [3.8, 4) is 0 Å². The van der Waals surface area contributed by atoms with E-state index in [0.29, 0.717) is 12.0 Å². The van der Waals surface area contributed by atoms with Crippen LogP contribution in [0.4, 0.5) is 5.69 Å². The molecule has 0 bridgehead atoms. The molecule has 0 aliphatic rings. The summed E-state index contributed by atoms with van der Waals surface area (Å²) in [6.45, 7) is 16.9. The quantitative estimate of drug-likeness (QED) is 0.367. The minimum Gasteiger partial charge on any atom is -0.383 e. The molecule has 0 fully saturated rings. The van der Waals surface area contributed by atoms with Crippen LogP contribution >= 0.6 is 23.7 Å². The summed E-state index contributed by atoms with van der Waals surface area (Å²) in [4.78, 5) is 6.72. The first-order chi connectivity index (χ1) is 12.9. The van der Waals surface area contributed by atoms with Gasteiger partial charge in [-0.15, -0.1) is 0 Å². The van der Waals surface area contributed by atoms with Gasteiger partial charge in [0.25, 0.3) is 0 Å². The van der Waals surface area contributed by atoms with Gasteiger partial charge in [-0.05, 0) is 73.4 Å². The van der Waals surface area contributed by atoms with E-state index in [-0.39, 0.29) is 0 Å². The molecule has 1 aromatic carbocycles. The molecule has 2 aromatic rings. The van der Waals surface area contributed by atoms with Gasteiger partial charge in [0.2, 0.25) is 0 Å². The Bertz CT molecular complexity index is 746. The number of anilines is 1. The van der Waals surface area contributed by atoms with Gasteiger partial charge in [-0.25, -0.2) is 4.31 Å². The number of hydrogen-bond donors (Lipinski definition) is 1. The Labute approximate surface area is 173 Å². The first kappa shape index (κ1) is 21.9. The fourth-order valence-corrected chi connectivity index (χ4v) is 4.59. The van der Waals surface area contributed by atoms with Crippen molar-refractivity contribution in [2.24, 2.45) is 5.92 Å². The van der Waals surface area contributed by atoms with Gasteiger partial charge in [-0.1, -0.05) is 38.3 Å². The molecule has 1 heterocycles. The number of hydrogen-bond acceptors (Lipinski definition) is 5. The average Bonchev–Trinajstić information content (AvgIpc) is 2.63. The van der Waals surface area contributed by atoms with E-state index < -0.39 is 0 Å². The zero-order chi connectivity index (χ0) is 19.8. The Morgan fingerprint density at radius 3 is 2.63 bits per heavy atom. The third-order valence-corrected chi connectivity index (χ3v) is 6.31. The summed E-state index contributed by atoms with van der Waals surface area (Å²) in [6.07, 6.45) is 3.74. The van der Waals surface area contributed by atoms with Crippen LogP contribution in [0.25, 0.3) is 0 Å².